The van der Waals surface area contributed by atoms with E-state index in [1.165, 1.54) is 11.1 Å². The second kappa shape index (κ2) is 5.49. The molecule has 1 aliphatic heterocycles. The monoisotopic (exact) mass is 265 g/mol. The van der Waals surface area contributed by atoms with Gasteiger partial charge in [0.2, 0.25) is 5.90 Å². The molecule has 1 atom stereocenters. The van der Waals surface area contributed by atoms with Gasteiger partial charge < -0.3 is 4.74 Å². The molecular weight excluding hydrogens is 246 g/mol. The molecule has 0 bridgehead atoms. The Balaban J connectivity index is 1.82. The number of hydrogen-bond donors (Lipinski definition) is 0. The van der Waals surface area contributed by atoms with E-state index in [9.17, 15) is 0 Å². The summed E-state index contributed by atoms with van der Waals surface area (Å²) >= 11 is 0. The smallest absolute Gasteiger partial charge is 0.216 e. The Morgan fingerprint density at radius 2 is 1.50 bits per heavy atom. The van der Waals surface area contributed by atoms with Crippen molar-refractivity contribution >= 4 is 5.90 Å². The molecule has 0 spiro atoms. The van der Waals surface area contributed by atoms with E-state index < -0.39 is 0 Å². The van der Waals surface area contributed by atoms with Crippen LogP contribution in [0.1, 0.15) is 19.4 Å². The Bertz CT molecular complexity index is 599. The van der Waals surface area contributed by atoms with E-state index in [4.69, 9.17) is 4.74 Å². The molecule has 1 aliphatic rings. The van der Waals surface area contributed by atoms with Crippen molar-refractivity contribution in [1.82, 2.24) is 0 Å². The number of nitrogens with zero attached hydrogens (tertiary/aromatic N) is 1. The summed E-state index contributed by atoms with van der Waals surface area (Å²) in [5, 5.41) is 0. The quantitative estimate of drug-likeness (QED) is 0.816. The highest BCUT2D eigenvalue weighted by molar-refractivity contribution is 5.95. The summed E-state index contributed by atoms with van der Waals surface area (Å²) in [5.74, 6) is 1.31. The number of rotatable bonds is 3. The fourth-order valence-corrected chi connectivity index (χ4v) is 2.32. The number of benzene rings is 2. The average molecular weight is 265 g/mol. The fraction of sp³-hybridized carbons (Fsp3) is 0.278. The zero-order valence-electron chi connectivity index (χ0n) is 11.9. The summed E-state index contributed by atoms with van der Waals surface area (Å²) in [5.41, 5.74) is 3.51. The Morgan fingerprint density at radius 1 is 0.900 bits per heavy atom. The Labute approximate surface area is 120 Å². The van der Waals surface area contributed by atoms with E-state index in [1.807, 2.05) is 6.07 Å². The lowest BCUT2D eigenvalue weighted by Crippen LogP contribution is -2.13. The predicted octanol–water partition coefficient (Wildman–Crippen LogP) is 4.16. The molecule has 1 unspecified atom stereocenters. The molecule has 2 aromatic rings. The first-order valence-electron chi connectivity index (χ1n) is 7.10. The van der Waals surface area contributed by atoms with Gasteiger partial charge in [0.25, 0.3) is 0 Å². The van der Waals surface area contributed by atoms with Gasteiger partial charge in [-0.2, -0.15) is 0 Å². The van der Waals surface area contributed by atoms with Crippen LogP contribution in [-0.4, -0.2) is 18.5 Å². The molecule has 0 aliphatic carbocycles. The summed E-state index contributed by atoms with van der Waals surface area (Å²) in [6, 6.07) is 19.1. The van der Waals surface area contributed by atoms with Crippen molar-refractivity contribution in [3.63, 3.8) is 0 Å². The van der Waals surface area contributed by atoms with Gasteiger partial charge in [-0.3, -0.25) is 0 Å². The Kier molecular flexibility index (Phi) is 3.55. The van der Waals surface area contributed by atoms with Crippen LogP contribution in [-0.2, 0) is 4.74 Å². The van der Waals surface area contributed by atoms with Gasteiger partial charge in [0, 0.05) is 5.56 Å². The van der Waals surface area contributed by atoms with Gasteiger partial charge in [-0.05, 0) is 29.2 Å². The molecule has 0 N–H and O–H groups in total. The first-order valence-corrected chi connectivity index (χ1v) is 7.10. The van der Waals surface area contributed by atoms with Gasteiger partial charge in [-0.25, -0.2) is 4.99 Å². The van der Waals surface area contributed by atoms with Crippen LogP contribution in [0, 0.1) is 5.92 Å². The van der Waals surface area contributed by atoms with Crippen LogP contribution in [0.25, 0.3) is 11.1 Å². The minimum absolute atomic E-state index is 0.291. The Morgan fingerprint density at radius 3 is 2.10 bits per heavy atom. The van der Waals surface area contributed by atoms with Gasteiger partial charge in [-0.15, -0.1) is 0 Å². The number of hydrogen-bond acceptors (Lipinski definition) is 2. The molecular formula is C18H19NO. The predicted molar refractivity (Wildman–Crippen MR) is 83.0 cm³/mol. The van der Waals surface area contributed by atoms with Crippen LogP contribution in [0.5, 0.6) is 0 Å². The molecule has 102 valence electrons. The average Bonchev–Trinajstić information content (AvgIpc) is 2.98. The van der Waals surface area contributed by atoms with Crippen molar-refractivity contribution in [3.05, 3.63) is 60.2 Å². The summed E-state index contributed by atoms with van der Waals surface area (Å²) in [6.45, 7) is 5.06. The van der Waals surface area contributed by atoms with Crippen molar-refractivity contribution in [2.24, 2.45) is 10.9 Å². The summed E-state index contributed by atoms with van der Waals surface area (Å²) < 4.78 is 5.71. The molecule has 2 heteroatoms. The highest BCUT2D eigenvalue weighted by Gasteiger charge is 2.22. The maximum absolute atomic E-state index is 5.71. The lowest BCUT2D eigenvalue weighted by Gasteiger charge is -2.06. The van der Waals surface area contributed by atoms with Crippen LogP contribution >= 0.6 is 0 Å². The molecule has 0 amide bonds. The standard InChI is InChI=1S/C18H19NO/c1-13(2)17-12-20-18(19-17)16-10-8-15(9-11-16)14-6-4-3-5-7-14/h3-11,13,17H,12H2,1-2H3. The van der Waals surface area contributed by atoms with Crippen molar-refractivity contribution in [1.29, 1.82) is 0 Å². The summed E-state index contributed by atoms with van der Waals surface area (Å²) in [6.07, 6.45) is 0. The van der Waals surface area contributed by atoms with Crippen molar-refractivity contribution < 1.29 is 4.74 Å². The van der Waals surface area contributed by atoms with Crippen molar-refractivity contribution in [3.8, 4) is 11.1 Å². The molecule has 0 aromatic heterocycles. The maximum Gasteiger partial charge on any atom is 0.216 e. The normalized spacial score (nSPS) is 17.9. The van der Waals surface area contributed by atoms with E-state index in [-0.39, 0.29) is 0 Å². The van der Waals surface area contributed by atoms with E-state index in [0.29, 0.717) is 18.6 Å². The molecule has 2 aromatic carbocycles. The van der Waals surface area contributed by atoms with Crippen molar-refractivity contribution in [2.75, 3.05) is 6.61 Å². The van der Waals surface area contributed by atoms with Crippen molar-refractivity contribution in [2.45, 2.75) is 19.9 Å². The first-order chi connectivity index (χ1) is 9.74. The lowest BCUT2D eigenvalue weighted by molar-refractivity contribution is 0.292. The maximum atomic E-state index is 5.71. The van der Waals surface area contributed by atoms with E-state index in [0.717, 1.165) is 11.5 Å². The second-order valence-corrected chi connectivity index (χ2v) is 5.50. The molecule has 0 fully saturated rings. The van der Waals surface area contributed by atoms with Gasteiger partial charge in [-0.1, -0.05) is 56.3 Å². The number of ether oxygens (including phenoxy) is 1. The van der Waals surface area contributed by atoms with Crippen LogP contribution in [0.15, 0.2) is 59.6 Å². The third-order valence-electron chi connectivity index (χ3n) is 3.68. The largest absolute Gasteiger partial charge is 0.475 e. The molecule has 3 rings (SSSR count). The third-order valence-corrected chi connectivity index (χ3v) is 3.68. The molecule has 1 heterocycles. The highest BCUT2D eigenvalue weighted by atomic mass is 16.5. The zero-order valence-corrected chi connectivity index (χ0v) is 11.9. The number of aliphatic imine (C=N–C) groups is 1. The second-order valence-electron chi connectivity index (χ2n) is 5.50. The van der Waals surface area contributed by atoms with Gasteiger partial charge in [0.05, 0.1) is 6.04 Å². The summed E-state index contributed by atoms with van der Waals surface area (Å²) in [7, 11) is 0. The van der Waals surface area contributed by atoms with Gasteiger partial charge in [0.1, 0.15) is 6.61 Å². The van der Waals surface area contributed by atoms with E-state index in [2.05, 4.69) is 67.4 Å². The lowest BCUT2D eigenvalue weighted by atomic mass is 10.0. The van der Waals surface area contributed by atoms with Crippen LogP contribution in [0.3, 0.4) is 0 Å². The highest BCUT2D eigenvalue weighted by Crippen LogP contribution is 2.22. The molecule has 0 saturated heterocycles. The summed E-state index contributed by atoms with van der Waals surface area (Å²) in [4.78, 5) is 4.65. The van der Waals surface area contributed by atoms with Crippen LogP contribution in [0.2, 0.25) is 0 Å². The van der Waals surface area contributed by atoms with Gasteiger partial charge >= 0.3 is 0 Å². The molecule has 20 heavy (non-hydrogen) atoms. The zero-order chi connectivity index (χ0) is 13.9. The third kappa shape index (κ3) is 2.60. The molecule has 0 radical (unpaired) electrons. The van der Waals surface area contributed by atoms with E-state index in [1.54, 1.807) is 0 Å². The topological polar surface area (TPSA) is 21.6 Å². The molecule has 2 nitrogen and oxygen atoms in total. The fourth-order valence-electron chi connectivity index (χ4n) is 2.32. The van der Waals surface area contributed by atoms with Crippen LogP contribution in [0.4, 0.5) is 0 Å². The Hall–Kier alpha value is -2.09. The SMILES string of the molecule is CC(C)C1COC(c2ccc(-c3ccccc3)cc2)=N1. The minimum atomic E-state index is 0.291. The van der Waals surface area contributed by atoms with Gasteiger partial charge in [0.15, 0.2) is 0 Å². The van der Waals surface area contributed by atoms with Crippen LogP contribution < -0.4 is 0 Å². The minimum Gasteiger partial charge on any atom is -0.475 e. The van der Waals surface area contributed by atoms with E-state index >= 15 is 0 Å². The molecule has 0 saturated carbocycles. The first kappa shape index (κ1) is 12.9.